The SMILES string of the molecule is CC[C@H]1OC(=O)C[C@@H](O)[C@H](C)[C@@H](O[C@@H]2O[C@H](C)[C@@H](O)[C@H](N(C)C)[C@H]2O)[C@@H](CC(C(=O)NC(C)(C)C)N(CCCNC(=O)OCc2ccccc2)C(=O)c2ccccc2)C[C@@H](C)C(=O)/C=C/C(C)=C/[C@@H]1CO[C@H]1O[C@@H](C)[C@H](O)[C@H](OC)[C@@H]1OC. The molecule has 2 aromatic rings. The minimum Gasteiger partial charge on any atom is -0.462 e. The van der Waals surface area contributed by atoms with E-state index in [2.05, 4.69) is 10.6 Å². The minimum absolute atomic E-state index is 0.0102. The average Bonchev–Trinajstić information content (AvgIpc) is 3.65. The van der Waals surface area contributed by atoms with Gasteiger partial charge in [0.05, 0.1) is 49.6 Å². The summed E-state index contributed by atoms with van der Waals surface area (Å²) in [4.78, 5) is 75.1. The fourth-order valence-electron chi connectivity index (χ4n) is 11.1. The molecule has 3 aliphatic rings. The van der Waals surface area contributed by atoms with Crippen molar-refractivity contribution in [1.82, 2.24) is 20.4 Å². The van der Waals surface area contributed by atoms with Gasteiger partial charge in [0.1, 0.15) is 43.2 Å². The number of nitrogens with one attached hydrogen (secondary N) is 2. The highest BCUT2D eigenvalue weighted by Gasteiger charge is 2.49. The van der Waals surface area contributed by atoms with Gasteiger partial charge in [0, 0.05) is 56.2 Å². The van der Waals surface area contributed by atoms with Crippen molar-refractivity contribution in [2.45, 2.75) is 192 Å². The summed E-state index contributed by atoms with van der Waals surface area (Å²) in [5, 5.41) is 52.4. The largest absolute Gasteiger partial charge is 0.462 e. The molecule has 5 rings (SSSR count). The van der Waals surface area contributed by atoms with E-state index in [1.165, 1.54) is 25.2 Å². The highest BCUT2D eigenvalue weighted by Crippen LogP contribution is 2.37. The Morgan fingerprint density at radius 3 is 2.06 bits per heavy atom. The van der Waals surface area contributed by atoms with Crippen molar-refractivity contribution in [2.24, 2.45) is 23.7 Å². The Balaban J connectivity index is 1.60. The Kier molecular flexibility index (Phi) is 26.8. The number of methoxy groups -OCH3 is 2. The molecule has 0 bridgehead atoms. The van der Waals surface area contributed by atoms with Gasteiger partial charge in [-0.15, -0.1) is 0 Å². The van der Waals surface area contributed by atoms with E-state index < -0.39 is 145 Å². The number of ether oxygens (including phenoxy) is 8. The first-order valence-corrected chi connectivity index (χ1v) is 29.0. The second kappa shape index (κ2) is 32.4. The topological polar surface area (TPSA) is 271 Å². The fourth-order valence-corrected chi connectivity index (χ4v) is 11.1. The Bertz CT molecular complexity index is 2420. The Morgan fingerprint density at radius 1 is 0.819 bits per heavy atom. The molecule has 0 aliphatic carbocycles. The number of rotatable bonds is 20. The van der Waals surface area contributed by atoms with Crippen LogP contribution in [-0.2, 0) is 58.9 Å². The van der Waals surface area contributed by atoms with Gasteiger partial charge < -0.3 is 78.8 Å². The molecule has 83 heavy (non-hydrogen) atoms. The summed E-state index contributed by atoms with van der Waals surface area (Å²) >= 11 is 0. The van der Waals surface area contributed by atoms with Gasteiger partial charge in [-0.1, -0.05) is 87.0 Å². The number of allylic oxidation sites excluding steroid dienone is 3. The van der Waals surface area contributed by atoms with Crippen LogP contribution in [0.4, 0.5) is 4.79 Å². The number of benzene rings is 2. The van der Waals surface area contributed by atoms with Crippen molar-refractivity contribution in [3.05, 3.63) is 95.6 Å². The number of likely N-dealkylation sites (N-methyl/N-ethyl adjacent to an activating group) is 1. The first-order valence-electron chi connectivity index (χ1n) is 29.0. The molecular formula is C62H94N4O17. The molecule has 18 atom stereocenters. The highest BCUT2D eigenvalue weighted by molar-refractivity contribution is 5.97. The number of ketones is 1. The third-order valence-corrected chi connectivity index (χ3v) is 15.8. The van der Waals surface area contributed by atoms with E-state index >= 15 is 9.59 Å². The summed E-state index contributed by atoms with van der Waals surface area (Å²) in [7, 11) is 6.30. The van der Waals surface area contributed by atoms with E-state index in [-0.39, 0.29) is 56.9 Å². The molecule has 2 aromatic carbocycles. The van der Waals surface area contributed by atoms with Crippen LogP contribution in [0.3, 0.4) is 0 Å². The normalized spacial score (nSPS) is 32.8. The van der Waals surface area contributed by atoms with Gasteiger partial charge in [-0.2, -0.15) is 0 Å². The molecule has 3 heterocycles. The van der Waals surface area contributed by atoms with Crippen molar-refractivity contribution < 1.29 is 82.3 Å². The lowest BCUT2D eigenvalue weighted by atomic mass is 9.77. The average molecular weight is 1170 g/mol. The molecule has 3 amide bonds. The van der Waals surface area contributed by atoms with Crippen molar-refractivity contribution in [3.63, 3.8) is 0 Å². The first kappa shape index (κ1) is 68.6. The predicted octanol–water partition coefficient (Wildman–Crippen LogP) is 5.11. The van der Waals surface area contributed by atoms with Crippen LogP contribution in [-0.4, -0.2) is 199 Å². The highest BCUT2D eigenvalue weighted by atomic mass is 16.7. The number of alkyl carbamates (subject to hydrolysis) is 1. The third kappa shape index (κ3) is 19.7. The molecule has 1 unspecified atom stereocenters. The van der Waals surface area contributed by atoms with Gasteiger partial charge in [-0.3, -0.25) is 19.2 Å². The van der Waals surface area contributed by atoms with Gasteiger partial charge in [0.15, 0.2) is 18.4 Å². The lowest BCUT2D eigenvalue weighted by molar-refractivity contribution is -0.304. The molecule has 3 aliphatic heterocycles. The Hall–Kier alpha value is -5.17. The van der Waals surface area contributed by atoms with Crippen molar-refractivity contribution in [1.29, 1.82) is 0 Å². The number of aliphatic hydroxyl groups is 4. The van der Waals surface area contributed by atoms with E-state index in [0.29, 0.717) is 12.0 Å². The van der Waals surface area contributed by atoms with Crippen LogP contribution >= 0.6 is 0 Å². The van der Waals surface area contributed by atoms with Crippen LogP contribution in [0.25, 0.3) is 0 Å². The van der Waals surface area contributed by atoms with E-state index in [1.807, 2.05) is 43.3 Å². The molecule has 0 aromatic heterocycles. The Morgan fingerprint density at radius 2 is 1.45 bits per heavy atom. The number of hydrogen-bond donors (Lipinski definition) is 6. The number of amides is 3. The molecule has 21 heteroatoms. The lowest BCUT2D eigenvalue weighted by Crippen LogP contribution is -2.63. The van der Waals surface area contributed by atoms with Crippen LogP contribution in [0.5, 0.6) is 0 Å². The third-order valence-electron chi connectivity index (χ3n) is 15.8. The molecule has 0 spiro atoms. The summed E-state index contributed by atoms with van der Waals surface area (Å²) in [6.07, 6.45) is -8.76. The number of carbonyl (C=O) groups is 5. The summed E-state index contributed by atoms with van der Waals surface area (Å²) < 4.78 is 48.5. The summed E-state index contributed by atoms with van der Waals surface area (Å²) in [6, 6.07) is 15.4. The van der Waals surface area contributed by atoms with Gasteiger partial charge in [-0.25, -0.2) is 4.79 Å². The first-order chi connectivity index (χ1) is 39.3. The van der Waals surface area contributed by atoms with Crippen LogP contribution in [0, 0.1) is 23.7 Å². The molecule has 21 nitrogen and oxygen atoms in total. The van der Waals surface area contributed by atoms with Crippen molar-refractivity contribution >= 4 is 29.7 Å². The summed E-state index contributed by atoms with van der Waals surface area (Å²) in [5.41, 5.74) is 0.883. The second-order valence-corrected chi connectivity index (χ2v) is 23.7. The molecule has 2 saturated heterocycles. The van der Waals surface area contributed by atoms with E-state index in [0.717, 1.165) is 5.56 Å². The van der Waals surface area contributed by atoms with Gasteiger partial charge in [0.25, 0.3) is 5.91 Å². The zero-order valence-corrected chi connectivity index (χ0v) is 50.8. The zero-order valence-electron chi connectivity index (χ0n) is 50.8. The number of esters is 1. The molecule has 2 fully saturated rings. The maximum Gasteiger partial charge on any atom is 0.407 e. The van der Waals surface area contributed by atoms with Crippen LogP contribution in [0.1, 0.15) is 110 Å². The van der Waals surface area contributed by atoms with Crippen molar-refractivity contribution in [3.8, 4) is 0 Å². The zero-order chi connectivity index (χ0) is 61.3. The number of hydrogen-bond acceptors (Lipinski definition) is 18. The van der Waals surface area contributed by atoms with Crippen LogP contribution in [0.15, 0.2) is 84.5 Å². The van der Waals surface area contributed by atoms with Gasteiger partial charge in [-0.05, 0) is 111 Å². The van der Waals surface area contributed by atoms with Gasteiger partial charge in [0.2, 0.25) is 5.91 Å². The smallest absolute Gasteiger partial charge is 0.407 e. The van der Waals surface area contributed by atoms with Crippen LogP contribution in [0.2, 0.25) is 0 Å². The maximum atomic E-state index is 15.2. The molecule has 0 saturated carbocycles. The predicted molar refractivity (Wildman–Crippen MR) is 308 cm³/mol. The van der Waals surface area contributed by atoms with Gasteiger partial charge >= 0.3 is 12.1 Å². The quantitative estimate of drug-likeness (QED) is 0.0743. The van der Waals surface area contributed by atoms with E-state index in [1.54, 1.807) is 111 Å². The number of aliphatic hydroxyl groups excluding tert-OH is 4. The summed E-state index contributed by atoms with van der Waals surface area (Å²) in [5.74, 6) is -5.50. The monoisotopic (exact) mass is 1170 g/mol. The second-order valence-electron chi connectivity index (χ2n) is 23.7. The molecule has 6 N–H and O–H groups in total. The molecular weight excluding hydrogens is 1070 g/mol. The number of cyclic esters (lactones) is 1. The number of carbonyl (C=O) groups excluding carboxylic acids is 5. The minimum atomic E-state index is -1.51. The van der Waals surface area contributed by atoms with E-state index in [4.69, 9.17) is 37.9 Å². The van der Waals surface area contributed by atoms with Crippen LogP contribution < -0.4 is 10.6 Å². The molecule has 0 radical (unpaired) electrons. The maximum absolute atomic E-state index is 15.2. The standard InChI is InChI=1S/C62H94N4O17/c1-14-48-44(35-78-60-56(77-13)55(76-12)52(71)40(6)81-60)30-36(2)26-27-46(67)37(3)31-43(54(38(4)47(68)33-49(69)82-48)83-59-53(72)50(65(10)11)51(70)39(5)80-59)32-45(57(73)64-62(7,8)9)66(58(74)42-24-19-16-20-25-42)29-21-28-63-61(75)79-34-41-22-17-15-18-23-41/h15-20,22-27,30,37-40,43-45,47-48,50-56,59-60,68,70-72H,14,21,28-29,31-35H2,1-13H3,(H,63,75)(H,64,73)/b27-26+,36-30+/t37-,38+,39-,40+,43-,44-,45?,47-,48-,50+,51-,52+,53-,54-,55+,56+,59+,60+/m1/s1. The fraction of sp³-hybridized carbons (Fsp3) is 0.661. The molecule has 464 valence electrons. The number of nitrogens with zero attached hydrogens (tertiary/aromatic N) is 2. The lowest BCUT2D eigenvalue weighted by Gasteiger charge is -2.47. The summed E-state index contributed by atoms with van der Waals surface area (Å²) in [6.45, 7) is 15.7. The Labute approximate surface area is 490 Å². The van der Waals surface area contributed by atoms with E-state index in [9.17, 15) is 34.8 Å². The van der Waals surface area contributed by atoms with Crippen molar-refractivity contribution in [2.75, 3.05) is 48.0 Å².